The van der Waals surface area contributed by atoms with Crippen molar-refractivity contribution in [1.29, 1.82) is 0 Å². The number of H-pyrrole nitrogens is 1. The van der Waals surface area contributed by atoms with Crippen LogP contribution in [-0.4, -0.2) is 34.5 Å². The predicted octanol–water partition coefficient (Wildman–Crippen LogP) is 4.45. The van der Waals surface area contributed by atoms with Crippen molar-refractivity contribution >= 4 is 5.88 Å². The lowest BCUT2D eigenvalue weighted by Gasteiger charge is -2.27. The lowest BCUT2D eigenvalue weighted by atomic mass is 10.1. The third-order valence-corrected chi connectivity index (χ3v) is 5.74. The quantitative estimate of drug-likeness (QED) is 0.606. The van der Waals surface area contributed by atoms with Crippen molar-refractivity contribution in [2.75, 3.05) is 24.5 Å². The van der Waals surface area contributed by atoms with Crippen molar-refractivity contribution in [1.82, 2.24) is 14.9 Å². The summed E-state index contributed by atoms with van der Waals surface area (Å²) in [6.07, 6.45) is -3.82. The molecule has 170 valence electrons. The molecule has 0 radical (unpaired) electrons. The van der Waals surface area contributed by atoms with E-state index in [-0.39, 0.29) is 11.4 Å². The molecule has 0 fully saturated rings. The van der Waals surface area contributed by atoms with Gasteiger partial charge in [-0.3, -0.25) is 9.69 Å². The van der Waals surface area contributed by atoms with Crippen molar-refractivity contribution in [3.8, 4) is 11.4 Å². The normalized spacial score (nSPS) is 14.4. The SMILES string of the molecule is CCN(CC)c1ccc(CN2CCc3nc(-c4ccc(C(F)(F)F)cc4)[nH]c(=O)c3C2)o1. The van der Waals surface area contributed by atoms with Gasteiger partial charge in [0.25, 0.3) is 5.56 Å². The summed E-state index contributed by atoms with van der Waals surface area (Å²) < 4.78 is 44.3. The largest absolute Gasteiger partial charge is 0.444 e. The molecule has 0 spiro atoms. The molecule has 0 saturated carbocycles. The van der Waals surface area contributed by atoms with Crippen LogP contribution in [0.15, 0.2) is 45.6 Å². The van der Waals surface area contributed by atoms with Gasteiger partial charge in [-0.25, -0.2) is 4.98 Å². The zero-order valence-corrected chi connectivity index (χ0v) is 18.0. The average Bonchev–Trinajstić information content (AvgIpc) is 3.22. The van der Waals surface area contributed by atoms with E-state index in [2.05, 4.69) is 33.6 Å². The first kappa shape index (κ1) is 22.1. The number of aromatic amines is 1. The van der Waals surface area contributed by atoms with Gasteiger partial charge in [0.1, 0.15) is 11.6 Å². The van der Waals surface area contributed by atoms with Gasteiger partial charge in [-0.1, -0.05) is 12.1 Å². The molecule has 0 aliphatic carbocycles. The Labute approximate surface area is 183 Å². The molecular formula is C23H25F3N4O2. The number of fused-ring (bicyclic) bond motifs is 1. The van der Waals surface area contributed by atoms with E-state index >= 15 is 0 Å². The maximum Gasteiger partial charge on any atom is 0.416 e. The Morgan fingerprint density at radius 1 is 1.12 bits per heavy atom. The molecule has 0 bridgehead atoms. The van der Waals surface area contributed by atoms with E-state index in [1.165, 1.54) is 12.1 Å². The highest BCUT2D eigenvalue weighted by molar-refractivity contribution is 5.56. The average molecular weight is 446 g/mol. The van der Waals surface area contributed by atoms with Crippen molar-refractivity contribution < 1.29 is 17.6 Å². The summed E-state index contributed by atoms with van der Waals surface area (Å²) >= 11 is 0. The van der Waals surface area contributed by atoms with Crippen molar-refractivity contribution in [3.05, 3.63) is 69.3 Å². The van der Waals surface area contributed by atoms with Gasteiger partial charge < -0.3 is 14.3 Å². The fourth-order valence-corrected chi connectivity index (χ4v) is 3.95. The third-order valence-electron chi connectivity index (χ3n) is 5.74. The van der Waals surface area contributed by atoms with Crippen LogP contribution in [-0.2, 0) is 25.7 Å². The molecule has 2 aromatic heterocycles. The number of furan rings is 1. The summed E-state index contributed by atoms with van der Waals surface area (Å²) in [7, 11) is 0. The number of nitrogens with one attached hydrogen (secondary N) is 1. The number of rotatable bonds is 6. The molecule has 3 heterocycles. The molecule has 0 unspecified atom stereocenters. The van der Waals surface area contributed by atoms with Crippen LogP contribution in [0.3, 0.4) is 0 Å². The van der Waals surface area contributed by atoms with Gasteiger partial charge in [0, 0.05) is 44.2 Å². The van der Waals surface area contributed by atoms with Gasteiger partial charge in [-0.05, 0) is 32.0 Å². The molecular weight excluding hydrogens is 421 g/mol. The Bertz CT molecular complexity index is 1130. The Kier molecular flexibility index (Phi) is 6.10. The first-order chi connectivity index (χ1) is 15.3. The van der Waals surface area contributed by atoms with Gasteiger partial charge in [-0.15, -0.1) is 0 Å². The highest BCUT2D eigenvalue weighted by atomic mass is 19.4. The standard InChI is InChI=1S/C23H25F3N4O2/c1-3-30(4-2)20-10-9-17(32-20)13-29-12-11-19-18(14-29)22(31)28-21(27-19)15-5-7-16(8-6-15)23(24,25)26/h5-10H,3-4,11-14H2,1-2H3,(H,27,28,31). The van der Waals surface area contributed by atoms with Crippen molar-refractivity contribution in [3.63, 3.8) is 0 Å². The minimum atomic E-state index is -4.40. The van der Waals surface area contributed by atoms with E-state index in [4.69, 9.17) is 4.42 Å². The maximum absolute atomic E-state index is 12.8. The van der Waals surface area contributed by atoms with Crippen LogP contribution in [0.25, 0.3) is 11.4 Å². The fourth-order valence-electron chi connectivity index (χ4n) is 3.95. The Hall–Kier alpha value is -3.07. The topological polar surface area (TPSA) is 65.4 Å². The highest BCUT2D eigenvalue weighted by Gasteiger charge is 2.30. The summed E-state index contributed by atoms with van der Waals surface area (Å²) in [5.41, 5.74) is 0.711. The second-order valence-corrected chi connectivity index (χ2v) is 7.79. The summed E-state index contributed by atoms with van der Waals surface area (Å²) in [4.78, 5) is 24.2. The Morgan fingerprint density at radius 3 is 2.50 bits per heavy atom. The zero-order valence-electron chi connectivity index (χ0n) is 18.0. The number of benzene rings is 1. The maximum atomic E-state index is 12.8. The second kappa shape index (κ2) is 8.82. The van der Waals surface area contributed by atoms with Crippen LogP contribution >= 0.6 is 0 Å². The molecule has 4 rings (SSSR count). The van der Waals surface area contributed by atoms with Crippen LogP contribution in [0.1, 0.15) is 36.4 Å². The summed E-state index contributed by atoms with van der Waals surface area (Å²) in [6, 6.07) is 8.56. The summed E-state index contributed by atoms with van der Waals surface area (Å²) in [6.45, 7) is 7.60. The van der Waals surface area contributed by atoms with Gasteiger partial charge in [0.15, 0.2) is 5.88 Å². The van der Waals surface area contributed by atoms with Crippen molar-refractivity contribution in [2.24, 2.45) is 0 Å². The molecule has 1 aliphatic rings. The molecule has 0 saturated heterocycles. The van der Waals surface area contributed by atoms with E-state index in [9.17, 15) is 18.0 Å². The zero-order chi connectivity index (χ0) is 22.9. The van der Waals surface area contributed by atoms with Gasteiger partial charge in [0.05, 0.1) is 23.4 Å². The molecule has 6 nitrogen and oxygen atoms in total. The van der Waals surface area contributed by atoms with Crippen LogP contribution in [0, 0.1) is 0 Å². The predicted molar refractivity (Wildman–Crippen MR) is 115 cm³/mol. The number of alkyl halides is 3. The van der Waals surface area contributed by atoms with E-state index in [1.54, 1.807) is 0 Å². The third kappa shape index (κ3) is 4.57. The van der Waals surface area contributed by atoms with E-state index in [0.717, 1.165) is 36.9 Å². The Balaban J connectivity index is 1.50. The van der Waals surface area contributed by atoms with Crippen LogP contribution < -0.4 is 10.5 Å². The van der Waals surface area contributed by atoms with Crippen molar-refractivity contribution in [2.45, 2.75) is 39.5 Å². The number of aromatic nitrogens is 2. The summed E-state index contributed by atoms with van der Waals surface area (Å²) in [5.74, 6) is 1.95. The highest BCUT2D eigenvalue weighted by Crippen LogP contribution is 2.30. The number of halogens is 3. The second-order valence-electron chi connectivity index (χ2n) is 7.79. The van der Waals surface area contributed by atoms with Crippen LogP contribution in [0.5, 0.6) is 0 Å². The monoisotopic (exact) mass is 446 g/mol. The molecule has 3 aromatic rings. The lowest BCUT2D eigenvalue weighted by molar-refractivity contribution is -0.137. The van der Waals surface area contributed by atoms with Crippen LogP contribution in [0.4, 0.5) is 19.1 Å². The molecule has 0 atom stereocenters. The van der Waals surface area contributed by atoms with Gasteiger partial charge >= 0.3 is 6.18 Å². The van der Waals surface area contributed by atoms with E-state index in [0.29, 0.717) is 42.9 Å². The lowest BCUT2D eigenvalue weighted by Crippen LogP contribution is -2.35. The number of anilines is 1. The minimum Gasteiger partial charge on any atom is -0.444 e. The van der Waals surface area contributed by atoms with Gasteiger partial charge in [-0.2, -0.15) is 13.2 Å². The molecule has 1 N–H and O–H groups in total. The van der Waals surface area contributed by atoms with E-state index < -0.39 is 11.7 Å². The smallest absolute Gasteiger partial charge is 0.416 e. The molecule has 1 aliphatic heterocycles. The molecule has 0 amide bonds. The number of nitrogens with zero attached hydrogens (tertiary/aromatic N) is 3. The van der Waals surface area contributed by atoms with E-state index in [1.807, 2.05) is 12.1 Å². The molecule has 32 heavy (non-hydrogen) atoms. The van der Waals surface area contributed by atoms with Gasteiger partial charge in [0.2, 0.25) is 0 Å². The molecule has 1 aromatic carbocycles. The Morgan fingerprint density at radius 2 is 1.84 bits per heavy atom. The molecule has 9 heteroatoms. The number of hydrogen-bond donors (Lipinski definition) is 1. The first-order valence-corrected chi connectivity index (χ1v) is 10.6. The summed E-state index contributed by atoms with van der Waals surface area (Å²) in [5, 5.41) is 0. The fraction of sp³-hybridized carbons (Fsp3) is 0.391. The first-order valence-electron chi connectivity index (χ1n) is 10.6. The minimum absolute atomic E-state index is 0.266. The number of hydrogen-bond acceptors (Lipinski definition) is 5. The van der Waals surface area contributed by atoms with Crippen LogP contribution in [0.2, 0.25) is 0 Å².